The molecule has 1 aromatic carbocycles. The number of carbonyl (C=O) groups is 1. The number of nitrogens with one attached hydrogen (secondary N) is 1. The molecular weight excluding hydrogens is 294 g/mol. The number of aryl methyl sites for hydroxylation is 2. The predicted octanol–water partition coefficient (Wildman–Crippen LogP) is 4.26. The van der Waals surface area contributed by atoms with E-state index < -0.39 is 0 Å². The second kappa shape index (κ2) is 7.45. The third-order valence-electron chi connectivity index (χ3n) is 3.59. The molecule has 2 aromatic rings. The van der Waals surface area contributed by atoms with E-state index in [4.69, 9.17) is 4.74 Å². The van der Waals surface area contributed by atoms with E-state index in [0.29, 0.717) is 5.92 Å². The van der Waals surface area contributed by atoms with Crippen molar-refractivity contribution in [3.8, 4) is 5.75 Å². The fourth-order valence-electron chi connectivity index (χ4n) is 2.41. The summed E-state index contributed by atoms with van der Waals surface area (Å²) in [5, 5.41) is 5.11. The first-order valence-corrected chi connectivity index (χ1v) is 8.38. The molecule has 0 unspecified atom stereocenters. The van der Waals surface area contributed by atoms with Gasteiger partial charge in [-0.2, -0.15) is 0 Å². The van der Waals surface area contributed by atoms with Crippen molar-refractivity contribution in [2.24, 2.45) is 5.92 Å². The Morgan fingerprint density at radius 1 is 1.18 bits per heavy atom. The molecule has 0 bridgehead atoms. The van der Waals surface area contributed by atoms with Gasteiger partial charge in [0.25, 0.3) is 5.91 Å². The normalized spacial score (nSPS) is 12.2. The van der Waals surface area contributed by atoms with Gasteiger partial charge in [0.2, 0.25) is 0 Å². The Morgan fingerprint density at radius 2 is 1.86 bits per heavy atom. The number of ether oxygens (including phenoxy) is 1. The van der Waals surface area contributed by atoms with Gasteiger partial charge in [-0.15, -0.1) is 11.3 Å². The number of hydrogen-bond donors (Lipinski definition) is 1. The highest BCUT2D eigenvalue weighted by molar-refractivity contribution is 7.10. The fraction of sp³-hybridized carbons (Fsp3) is 0.389. The van der Waals surface area contributed by atoms with Crippen molar-refractivity contribution in [1.29, 1.82) is 0 Å². The van der Waals surface area contributed by atoms with Crippen molar-refractivity contribution in [2.45, 2.75) is 33.7 Å². The molecule has 3 nitrogen and oxygen atoms in total. The molecule has 0 fully saturated rings. The lowest BCUT2D eigenvalue weighted by atomic mass is 10.0. The zero-order valence-electron chi connectivity index (χ0n) is 13.6. The van der Waals surface area contributed by atoms with Crippen molar-refractivity contribution in [3.63, 3.8) is 0 Å². The first-order valence-electron chi connectivity index (χ1n) is 7.51. The number of carbonyl (C=O) groups excluding carboxylic acids is 1. The SMILES string of the molecule is Cc1cccc(C)c1OCC(=O)N[C@H](c1cccs1)C(C)C. The van der Waals surface area contributed by atoms with Crippen LogP contribution in [-0.2, 0) is 4.79 Å². The number of hydrogen-bond acceptors (Lipinski definition) is 3. The molecule has 1 N–H and O–H groups in total. The molecular formula is C18H23NO2S. The molecule has 1 aromatic heterocycles. The molecule has 0 radical (unpaired) electrons. The number of para-hydroxylation sites is 1. The Hall–Kier alpha value is -1.81. The average Bonchev–Trinajstić information content (AvgIpc) is 2.97. The minimum atomic E-state index is -0.0882. The molecule has 0 saturated heterocycles. The van der Waals surface area contributed by atoms with Gasteiger partial charge in [-0.25, -0.2) is 0 Å². The standard InChI is InChI=1S/C18H23NO2S/c1-12(2)17(15-9-6-10-22-15)19-16(20)11-21-18-13(3)7-5-8-14(18)4/h5-10,12,17H,11H2,1-4H3,(H,19,20)/t17-/m0/s1. The fourth-order valence-corrected chi connectivity index (χ4v) is 3.36. The lowest BCUT2D eigenvalue weighted by Crippen LogP contribution is -2.34. The van der Waals surface area contributed by atoms with E-state index >= 15 is 0 Å². The maximum absolute atomic E-state index is 12.2. The topological polar surface area (TPSA) is 38.3 Å². The van der Waals surface area contributed by atoms with Gasteiger partial charge in [0.1, 0.15) is 5.75 Å². The molecule has 1 amide bonds. The molecule has 0 aliphatic carbocycles. The van der Waals surface area contributed by atoms with Crippen LogP contribution in [-0.4, -0.2) is 12.5 Å². The summed E-state index contributed by atoms with van der Waals surface area (Å²) < 4.78 is 5.72. The van der Waals surface area contributed by atoms with Crippen molar-refractivity contribution in [1.82, 2.24) is 5.32 Å². The third-order valence-corrected chi connectivity index (χ3v) is 4.54. The lowest BCUT2D eigenvalue weighted by molar-refractivity contribution is -0.124. The maximum atomic E-state index is 12.2. The van der Waals surface area contributed by atoms with Crippen molar-refractivity contribution < 1.29 is 9.53 Å². The van der Waals surface area contributed by atoms with Crippen molar-refractivity contribution in [3.05, 3.63) is 51.7 Å². The number of rotatable bonds is 6. The Balaban J connectivity index is 1.97. The van der Waals surface area contributed by atoms with E-state index in [-0.39, 0.29) is 18.6 Å². The van der Waals surface area contributed by atoms with Crippen molar-refractivity contribution >= 4 is 17.2 Å². The van der Waals surface area contributed by atoms with Crippen LogP contribution in [0.15, 0.2) is 35.7 Å². The van der Waals surface area contributed by atoms with Gasteiger partial charge in [0.05, 0.1) is 6.04 Å². The Labute approximate surface area is 136 Å². The van der Waals surface area contributed by atoms with E-state index in [9.17, 15) is 4.79 Å². The molecule has 2 rings (SSSR count). The quantitative estimate of drug-likeness (QED) is 0.864. The number of benzene rings is 1. The average molecular weight is 317 g/mol. The van der Waals surface area contributed by atoms with Gasteiger partial charge in [0.15, 0.2) is 6.61 Å². The predicted molar refractivity (Wildman–Crippen MR) is 91.5 cm³/mol. The highest BCUT2D eigenvalue weighted by atomic mass is 32.1. The summed E-state index contributed by atoms with van der Waals surface area (Å²) in [7, 11) is 0. The van der Waals surface area contributed by atoms with Crippen LogP contribution in [0.25, 0.3) is 0 Å². The highest BCUT2D eigenvalue weighted by Crippen LogP contribution is 2.26. The van der Waals surface area contributed by atoms with E-state index in [1.54, 1.807) is 11.3 Å². The minimum absolute atomic E-state index is 0.0362. The molecule has 1 atom stereocenters. The summed E-state index contributed by atoms with van der Waals surface area (Å²) in [5.41, 5.74) is 2.10. The monoisotopic (exact) mass is 317 g/mol. The van der Waals surface area contributed by atoms with Crippen LogP contribution in [0.4, 0.5) is 0 Å². The summed E-state index contributed by atoms with van der Waals surface area (Å²) in [6.45, 7) is 8.24. The molecule has 118 valence electrons. The lowest BCUT2D eigenvalue weighted by Gasteiger charge is -2.21. The first kappa shape index (κ1) is 16.6. The maximum Gasteiger partial charge on any atom is 0.258 e. The summed E-state index contributed by atoms with van der Waals surface area (Å²) in [6, 6.07) is 10.1. The summed E-state index contributed by atoms with van der Waals surface area (Å²) in [5.74, 6) is 1.05. The van der Waals surface area contributed by atoms with Gasteiger partial charge < -0.3 is 10.1 Å². The highest BCUT2D eigenvalue weighted by Gasteiger charge is 2.19. The van der Waals surface area contributed by atoms with Gasteiger partial charge in [-0.1, -0.05) is 38.1 Å². The second-order valence-electron chi connectivity index (χ2n) is 5.81. The molecule has 4 heteroatoms. The van der Waals surface area contributed by atoms with E-state index in [1.807, 2.05) is 43.5 Å². The molecule has 0 aliphatic rings. The van der Waals surface area contributed by atoms with Crippen LogP contribution in [0.1, 0.15) is 35.9 Å². The molecule has 0 spiro atoms. The van der Waals surface area contributed by atoms with Crippen LogP contribution >= 0.6 is 11.3 Å². The molecule has 1 heterocycles. The molecule has 22 heavy (non-hydrogen) atoms. The minimum Gasteiger partial charge on any atom is -0.483 e. The van der Waals surface area contributed by atoms with Crippen molar-refractivity contribution in [2.75, 3.05) is 6.61 Å². The zero-order valence-corrected chi connectivity index (χ0v) is 14.4. The van der Waals surface area contributed by atoms with Crippen LogP contribution in [0, 0.1) is 19.8 Å². The summed E-state index contributed by atoms with van der Waals surface area (Å²) >= 11 is 1.67. The van der Waals surface area contributed by atoms with E-state index in [2.05, 4.69) is 25.2 Å². The first-order chi connectivity index (χ1) is 10.5. The van der Waals surface area contributed by atoms with Gasteiger partial charge in [0, 0.05) is 4.88 Å². The zero-order chi connectivity index (χ0) is 16.1. The Bertz CT molecular complexity index is 600. The smallest absolute Gasteiger partial charge is 0.258 e. The van der Waals surface area contributed by atoms with Gasteiger partial charge >= 0.3 is 0 Å². The molecule has 0 saturated carbocycles. The van der Waals surface area contributed by atoms with Crippen LogP contribution < -0.4 is 10.1 Å². The third kappa shape index (κ3) is 4.10. The van der Waals surface area contributed by atoms with Gasteiger partial charge in [-0.3, -0.25) is 4.79 Å². The van der Waals surface area contributed by atoms with E-state index in [1.165, 1.54) is 4.88 Å². The van der Waals surface area contributed by atoms with Crippen LogP contribution in [0.3, 0.4) is 0 Å². The van der Waals surface area contributed by atoms with E-state index in [0.717, 1.165) is 16.9 Å². The Morgan fingerprint density at radius 3 is 2.41 bits per heavy atom. The number of thiophene rings is 1. The second-order valence-corrected chi connectivity index (χ2v) is 6.79. The molecule has 0 aliphatic heterocycles. The van der Waals surface area contributed by atoms with Gasteiger partial charge in [-0.05, 0) is 42.3 Å². The largest absolute Gasteiger partial charge is 0.483 e. The Kier molecular flexibility index (Phi) is 5.61. The summed E-state index contributed by atoms with van der Waals surface area (Å²) in [4.78, 5) is 13.4. The number of amides is 1. The van der Waals surface area contributed by atoms with Crippen LogP contribution in [0.5, 0.6) is 5.75 Å². The summed E-state index contributed by atoms with van der Waals surface area (Å²) in [6.07, 6.45) is 0. The van der Waals surface area contributed by atoms with Crippen LogP contribution in [0.2, 0.25) is 0 Å².